The maximum absolute atomic E-state index is 12.0. The number of ether oxygens (including phenoxy) is 1. The Morgan fingerprint density at radius 1 is 1.60 bits per heavy atom. The monoisotopic (exact) mass is 281 g/mol. The van der Waals surface area contributed by atoms with Gasteiger partial charge in [-0.3, -0.25) is 0 Å². The zero-order valence-electron chi connectivity index (χ0n) is 12.4. The maximum atomic E-state index is 12.0. The molecule has 2 amide bonds. The highest BCUT2D eigenvalue weighted by atomic mass is 16.5. The Bertz CT molecular complexity index is 482. The van der Waals surface area contributed by atoms with E-state index in [2.05, 4.69) is 29.5 Å². The van der Waals surface area contributed by atoms with Crippen molar-refractivity contribution < 1.29 is 12.4 Å². The van der Waals surface area contributed by atoms with Gasteiger partial charge in [0, 0.05) is 27.2 Å². The number of urea groups is 1. The van der Waals surface area contributed by atoms with Crippen molar-refractivity contribution in [1.29, 1.82) is 0 Å². The summed E-state index contributed by atoms with van der Waals surface area (Å²) >= 11 is 0. The standard InChI is InChI=1S/C15H23N3O2.2H2/c1-4-11(2)15(6-7-15)18-14(19)17-10-12-5-8-16-13(9-12)20-3;;/h5,8-9,11H,4,6-7,10H2,1-3H3,(H2,17,18,19);2*1H. The van der Waals surface area contributed by atoms with E-state index in [9.17, 15) is 4.79 Å². The summed E-state index contributed by atoms with van der Waals surface area (Å²) in [5.41, 5.74) is 0.995. The topological polar surface area (TPSA) is 63.2 Å². The van der Waals surface area contributed by atoms with Gasteiger partial charge in [0.05, 0.1) is 7.11 Å². The number of carbonyl (C=O) groups is 1. The molecule has 0 aromatic carbocycles. The fraction of sp³-hybridized carbons (Fsp3) is 0.600. The van der Waals surface area contributed by atoms with E-state index in [0.717, 1.165) is 24.8 Å². The van der Waals surface area contributed by atoms with Gasteiger partial charge in [-0.2, -0.15) is 0 Å². The fourth-order valence-corrected chi connectivity index (χ4v) is 2.39. The lowest BCUT2D eigenvalue weighted by Crippen LogP contribution is -2.46. The molecule has 1 aromatic rings. The number of nitrogens with zero attached hydrogens (tertiary/aromatic N) is 1. The Morgan fingerprint density at radius 3 is 2.95 bits per heavy atom. The van der Waals surface area contributed by atoms with Crippen molar-refractivity contribution in [2.75, 3.05) is 7.11 Å². The van der Waals surface area contributed by atoms with Gasteiger partial charge in [-0.1, -0.05) is 20.3 Å². The minimum atomic E-state index is -0.0985. The van der Waals surface area contributed by atoms with Gasteiger partial charge in [-0.25, -0.2) is 9.78 Å². The lowest BCUT2D eigenvalue weighted by atomic mass is 9.97. The molecule has 5 heteroatoms. The van der Waals surface area contributed by atoms with Gasteiger partial charge in [0.2, 0.25) is 5.88 Å². The lowest BCUT2D eigenvalue weighted by molar-refractivity contribution is 0.228. The third kappa shape index (κ3) is 3.40. The molecule has 0 spiro atoms. The first-order valence-electron chi connectivity index (χ1n) is 7.14. The molecule has 0 radical (unpaired) electrons. The first-order chi connectivity index (χ1) is 9.59. The van der Waals surface area contributed by atoms with Gasteiger partial charge in [0.15, 0.2) is 0 Å². The third-order valence-corrected chi connectivity index (χ3v) is 4.17. The Balaban J connectivity index is 0.00000220. The number of carbonyl (C=O) groups excluding carboxylic acids is 1. The minimum Gasteiger partial charge on any atom is -0.481 e. The highest BCUT2D eigenvalue weighted by Crippen LogP contribution is 2.43. The predicted octanol–water partition coefficient (Wildman–Crippen LogP) is 2.96. The smallest absolute Gasteiger partial charge is 0.315 e. The molecule has 2 rings (SSSR count). The molecule has 0 aliphatic heterocycles. The SMILES string of the molecule is CCC(C)C1(NC(=O)NCc2ccnc(OC)c2)CC1.[HH].[HH]. The summed E-state index contributed by atoms with van der Waals surface area (Å²) in [7, 11) is 1.58. The molecule has 0 bridgehead atoms. The van der Waals surface area contributed by atoms with Crippen LogP contribution in [0, 0.1) is 5.92 Å². The van der Waals surface area contributed by atoms with Crippen molar-refractivity contribution in [3.05, 3.63) is 23.9 Å². The van der Waals surface area contributed by atoms with E-state index in [0.29, 0.717) is 18.3 Å². The summed E-state index contributed by atoms with van der Waals surface area (Å²) in [5.74, 6) is 1.08. The van der Waals surface area contributed by atoms with Gasteiger partial charge >= 0.3 is 6.03 Å². The number of nitrogens with one attached hydrogen (secondary N) is 2. The first kappa shape index (κ1) is 14.6. The normalized spacial score (nSPS) is 17.1. The molecule has 5 nitrogen and oxygen atoms in total. The van der Waals surface area contributed by atoms with E-state index in [1.165, 1.54) is 0 Å². The van der Waals surface area contributed by atoms with E-state index >= 15 is 0 Å². The van der Waals surface area contributed by atoms with Crippen LogP contribution in [0.2, 0.25) is 0 Å². The molecular weight excluding hydrogens is 254 g/mol. The van der Waals surface area contributed by atoms with Crippen molar-refractivity contribution in [2.45, 2.75) is 45.2 Å². The number of methoxy groups -OCH3 is 1. The van der Waals surface area contributed by atoms with E-state index in [1.807, 2.05) is 12.1 Å². The van der Waals surface area contributed by atoms with Crippen LogP contribution in [0.1, 0.15) is 41.5 Å². The Hall–Kier alpha value is -1.78. The molecule has 1 aliphatic rings. The quantitative estimate of drug-likeness (QED) is 0.842. The van der Waals surface area contributed by atoms with Crippen LogP contribution in [0.5, 0.6) is 5.88 Å². The third-order valence-electron chi connectivity index (χ3n) is 4.17. The van der Waals surface area contributed by atoms with Gasteiger partial charge in [-0.05, 0) is 30.4 Å². The molecule has 1 fully saturated rings. The second-order valence-corrected chi connectivity index (χ2v) is 5.48. The predicted molar refractivity (Wildman–Crippen MR) is 81.8 cm³/mol. The summed E-state index contributed by atoms with van der Waals surface area (Å²) in [6.07, 6.45) is 4.92. The zero-order chi connectivity index (χ0) is 14.6. The molecule has 1 saturated carbocycles. The molecule has 1 aromatic heterocycles. The highest BCUT2D eigenvalue weighted by molar-refractivity contribution is 5.75. The van der Waals surface area contributed by atoms with Gasteiger partial charge in [0.25, 0.3) is 0 Å². The second kappa shape index (κ2) is 6.11. The molecule has 114 valence electrons. The second-order valence-electron chi connectivity index (χ2n) is 5.48. The molecule has 0 saturated heterocycles. The van der Waals surface area contributed by atoms with Crippen molar-refractivity contribution in [1.82, 2.24) is 15.6 Å². The number of hydrogen-bond acceptors (Lipinski definition) is 3. The number of hydrogen-bond donors (Lipinski definition) is 2. The van der Waals surface area contributed by atoms with Crippen LogP contribution in [-0.2, 0) is 6.54 Å². The van der Waals surface area contributed by atoms with Crippen LogP contribution in [-0.4, -0.2) is 23.7 Å². The van der Waals surface area contributed by atoms with Crippen LogP contribution in [0.4, 0.5) is 4.79 Å². The van der Waals surface area contributed by atoms with E-state index in [-0.39, 0.29) is 14.4 Å². The Kier molecular flexibility index (Phi) is 4.47. The Labute approximate surface area is 123 Å². The average molecular weight is 281 g/mol. The van der Waals surface area contributed by atoms with Crippen LogP contribution >= 0.6 is 0 Å². The van der Waals surface area contributed by atoms with E-state index in [1.54, 1.807) is 13.3 Å². The van der Waals surface area contributed by atoms with Crippen LogP contribution in [0.3, 0.4) is 0 Å². The number of amides is 2. The number of pyridine rings is 1. The minimum absolute atomic E-state index is 0. The van der Waals surface area contributed by atoms with Gasteiger partial charge < -0.3 is 15.4 Å². The first-order valence-corrected chi connectivity index (χ1v) is 7.14. The molecule has 1 unspecified atom stereocenters. The van der Waals surface area contributed by atoms with Crippen LogP contribution in [0.15, 0.2) is 18.3 Å². The van der Waals surface area contributed by atoms with Crippen LogP contribution in [0.25, 0.3) is 0 Å². The van der Waals surface area contributed by atoms with Crippen molar-refractivity contribution in [2.24, 2.45) is 5.92 Å². The van der Waals surface area contributed by atoms with E-state index < -0.39 is 0 Å². The molecule has 1 aliphatic carbocycles. The van der Waals surface area contributed by atoms with Gasteiger partial charge in [0.1, 0.15) is 0 Å². The summed E-state index contributed by atoms with van der Waals surface area (Å²) in [5, 5.41) is 6.01. The summed E-state index contributed by atoms with van der Waals surface area (Å²) in [4.78, 5) is 16.0. The molecule has 1 heterocycles. The van der Waals surface area contributed by atoms with E-state index in [4.69, 9.17) is 4.74 Å². The number of aromatic nitrogens is 1. The average Bonchev–Trinajstić information content (AvgIpc) is 3.25. The van der Waals surface area contributed by atoms with Crippen molar-refractivity contribution >= 4 is 6.03 Å². The van der Waals surface area contributed by atoms with Gasteiger partial charge in [-0.15, -0.1) is 0 Å². The lowest BCUT2D eigenvalue weighted by Gasteiger charge is -2.23. The van der Waals surface area contributed by atoms with Crippen molar-refractivity contribution in [3.8, 4) is 5.88 Å². The molecule has 1 atom stereocenters. The van der Waals surface area contributed by atoms with Crippen molar-refractivity contribution in [3.63, 3.8) is 0 Å². The molecular formula is C15H27N3O2. The number of rotatable bonds is 6. The largest absolute Gasteiger partial charge is 0.481 e. The molecule has 2 N–H and O–H groups in total. The summed E-state index contributed by atoms with van der Waals surface area (Å²) in [6.45, 7) is 4.83. The zero-order valence-corrected chi connectivity index (χ0v) is 12.4. The highest BCUT2D eigenvalue weighted by Gasteiger charge is 2.47. The Morgan fingerprint density at radius 2 is 2.35 bits per heavy atom. The summed E-state index contributed by atoms with van der Waals surface area (Å²) < 4.78 is 5.06. The maximum Gasteiger partial charge on any atom is 0.315 e. The fourth-order valence-electron chi connectivity index (χ4n) is 2.39. The summed E-state index contributed by atoms with van der Waals surface area (Å²) in [6, 6.07) is 3.59. The van der Waals surface area contributed by atoms with Crippen LogP contribution < -0.4 is 15.4 Å². The molecule has 20 heavy (non-hydrogen) atoms.